The largest absolute Gasteiger partial charge is 0.444 e. The number of amides is 1. The Labute approximate surface area is 148 Å². The molecule has 1 aliphatic carbocycles. The summed E-state index contributed by atoms with van der Waals surface area (Å²) in [7, 11) is 0. The highest BCUT2D eigenvalue weighted by Crippen LogP contribution is 2.47. The van der Waals surface area contributed by atoms with E-state index in [-0.39, 0.29) is 18.4 Å². The monoisotopic (exact) mass is 346 g/mol. The third kappa shape index (κ3) is 5.18. The van der Waals surface area contributed by atoms with Crippen LogP contribution in [0.5, 0.6) is 0 Å². The molecule has 2 rings (SSSR count). The summed E-state index contributed by atoms with van der Waals surface area (Å²) in [4.78, 5) is 11.5. The molecule has 1 aliphatic rings. The van der Waals surface area contributed by atoms with Gasteiger partial charge in [-0.1, -0.05) is 24.3 Å². The van der Waals surface area contributed by atoms with Gasteiger partial charge < -0.3 is 20.3 Å². The van der Waals surface area contributed by atoms with Crippen LogP contribution in [0.25, 0.3) is 0 Å². The van der Waals surface area contributed by atoms with Gasteiger partial charge in [0.1, 0.15) is 11.7 Å². The summed E-state index contributed by atoms with van der Waals surface area (Å²) >= 11 is 0. The molecule has 1 aromatic rings. The summed E-state index contributed by atoms with van der Waals surface area (Å²) in [6, 6.07) is 9.47. The van der Waals surface area contributed by atoms with Crippen molar-refractivity contribution < 1.29 is 19.7 Å². The van der Waals surface area contributed by atoms with Crippen LogP contribution in [0.4, 0.5) is 4.79 Å². The van der Waals surface area contributed by atoms with Crippen molar-refractivity contribution in [1.82, 2.24) is 5.32 Å². The minimum absolute atomic E-state index is 0.197. The average molecular weight is 346 g/mol. The molecule has 2 atom stereocenters. The predicted octanol–water partition coefficient (Wildman–Crippen LogP) is 2.55. The van der Waals surface area contributed by atoms with E-state index in [1.807, 2.05) is 12.1 Å². The lowest BCUT2D eigenvalue weighted by atomic mass is 9.94. The van der Waals surface area contributed by atoms with Crippen molar-refractivity contribution in [2.45, 2.75) is 63.3 Å². The normalized spacial score (nSPS) is 17.9. The second kappa shape index (κ2) is 7.42. The number of nitrogens with one attached hydrogen (secondary N) is 1. The van der Waals surface area contributed by atoms with Gasteiger partial charge in [-0.3, -0.25) is 0 Å². The van der Waals surface area contributed by atoms with Crippen molar-refractivity contribution in [3.63, 3.8) is 0 Å². The number of rotatable bonds is 6. The van der Waals surface area contributed by atoms with Gasteiger partial charge in [-0.2, -0.15) is 5.26 Å². The van der Waals surface area contributed by atoms with Gasteiger partial charge in [0.15, 0.2) is 0 Å². The molecule has 1 aromatic carbocycles. The minimum atomic E-state index is -1.05. The topological polar surface area (TPSA) is 103 Å². The van der Waals surface area contributed by atoms with E-state index in [0.29, 0.717) is 5.56 Å². The molecular formula is C19H26N2O4. The molecule has 1 amide bonds. The SMILES string of the molecule is CC(C)(C)OC(=O)NCCC(O)C(O)c1ccc(C2(C#N)CC2)cc1. The van der Waals surface area contributed by atoms with E-state index in [1.165, 1.54) is 0 Å². The van der Waals surface area contributed by atoms with Crippen LogP contribution < -0.4 is 5.32 Å². The third-order valence-electron chi connectivity index (χ3n) is 4.24. The Morgan fingerprint density at radius 2 is 1.92 bits per heavy atom. The molecule has 0 saturated heterocycles. The Balaban J connectivity index is 1.83. The van der Waals surface area contributed by atoms with Crippen LogP contribution in [0.1, 0.15) is 57.3 Å². The van der Waals surface area contributed by atoms with Gasteiger partial charge in [0.05, 0.1) is 17.6 Å². The molecule has 25 heavy (non-hydrogen) atoms. The highest BCUT2D eigenvalue weighted by atomic mass is 16.6. The summed E-state index contributed by atoms with van der Waals surface area (Å²) < 4.78 is 5.11. The molecule has 0 heterocycles. The first kappa shape index (κ1) is 19.2. The maximum atomic E-state index is 11.5. The summed E-state index contributed by atoms with van der Waals surface area (Å²) in [6.45, 7) is 5.51. The van der Waals surface area contributed by atoms with Crippen LogP contribution in [-0.4, -0.2) is 34.6 Å². The molecular weight excluding hydrogens is 320 g/mol. The second-order valence-corrected chi connectivity index (χ2v) is 7.55. The van der Waals surface area contributed by atoms with Crippen molar-refractivity contribution in [1.29, 1.82) is 5.26 Å². The van der Waals surface area contributed by atoms with E-state index in [2.05, 4.69) is 11.4 Å². The first-order chi connectivity index (χ1) is 11.7. The Hall–Kier alpha value is -2.10. The van der Waals surface area contributed by atoms with Gasteiger partial charge in [-0.15, -0.1) is 0 Å². The highest BCUT2D eigenvalue weighted by molar-refractivity contribution is 5.67. The fraction of sp³-hybridized carbons (Fsp3) is 0.579. The lowest BCUT2D eigenvalue weighted by Gasteiger charge is -2.21. The van der Waals surface area contributed by atoms with Gasteiger partial charge in [0.2, 0.25) is 0 Å². The smallest absolute Gasteiger partial charge is 0.407 e. The quantitative estimate of drug-likeness (QED) is 0.734. The standard InChI is InChI=1S/C19H26N2O4/c1-18(2,3)25-17(24)21-11-8-15(22)16(23)13-4-6-14(7-5-13)19(12-20)9-10-19/h4-7,15-16,22-23H,8-11H2,1-3H3,(H,21,24). The number of ether oxygens (including phenoxy) is 1. The van der Waals surface area contributed by atoms with Crippen LogP contribution in [-0.2, 0) is 10.2 Å². The highest BCUT2D eigenvalue weighted by Gasteiger charge is 2.44. The summed E-state index contributed by atoms with van der Waals surface area (Å²) in [5, 5.41) is 32.1. The van der Waals surface area contributed by atoms with Gasteiger partial charge in [0, 0.05) is 6.54 Å². The Kier molecular flexibility index (Phi) is 5.71. The maximum absolute atomic E-state index is 11.5. The molecule has 0 aliphatic heterocycles. The molecule has 0 aromatic heterocycles. The first-order valence-electron chi connectivity index (χ1n) is 8.51. The minimum Gasteiger partial charge on any atom is -0.444 e. The predicted molar refractivity (Wildman–Crippen MR) is 92.8 cm³/mol. The van der Waals surface area contributed by atoms with E-state index in [0.717, 1.165) is 18.4 Å². The van der Waals surface area contributed by atoms with Crippen molar-refractivity contribution in [2.75, 3.05) is 6.54 Å². The zero-order chi connectivity index (χ0) is 18.7. The van der Waals surface area contributed by atoms with Crippen LogP contribution >= 0.6 is 0 Å². The fourth-order valence-electron chi connectivity index (χ4n) is 2.61. The van der Waals surface area contributed by atoms with Gasteiger partial charge >= 0.3 is 6.09 Å². The molecule has 1 fully saturated rings. The molecule has 6 nitrogen and oxygen atoms in total. The number of carbonyl (C=O) groups is 1. The summed E-state index contributed by atoms with van der Waals surface area (Å²) in [5.74, 6) is 0. The molecule has 3 N–H and O–H groups in total. The first-order valence-corrected chi connectivity index (χ1v) is 8.51. The molecule has 0 spiro atoms. The van der Waals surface area contributed by atoms with Crippen molar-refractivity contribution >= 4 is 6.09 Å². The van der Waals surface area contributed by atoms with Crippen LogP contribution in [0.2, 0.25) is 0 Å². The number of benzene rings is 1. The number of aliphatic hydroxyl groups excluding tert-OH is 2. The second-order valence-electron chi connectivity index (χ2n) is 7.55. The van der Waals surface area contributed by atoms with Crippen LogP contribution in [0.3, 0.4) is 0 Å². The van der Waals surface area contributed by atoms with E-state index in [9.17, 15) is 20.3 Å². The lowest BCUT2D eigenvalue weighted by molar-refractivity contribution is 0.0123. The third-order valence-corrected chi connectivity index (χ3v) is 4.24. The summed E-state index contributed by atoms with van der Waals surface area (Å²) in [6.07, 6.45) is -0.679. The number of nitriles is 1. The molecule has 6 heteroatoms. The Morgan fingerprint density at radius 1 is 1.32 bits per heavy atom. The molecule has 2 unspecified atom stereocenters. The summed E-state index contributed by atoms with van der Waals surface area (Å²) in [5.41, 5.74) is 0.598. The molecule has 136 valence electrons. The Bertz CT molecular complexity index is 639. The van der Waals surface area contributed by atoms with Crippen molar-refractivity contribution in [2.24, 2.45) is 0 Å². The zero-order valence-electron chi connectivity index (χ0n) is 15.0. The number of aliphatic hydroxyl groups is 2. The Morgan fingerprint density at radius 3 is 2.40 bits per heavy atom. The van der Waals surface area contributed by atoms with E-state index in [1.54, 1.807) is 32.9 Å². The lowest BCUT2D eigenvalue weighted by Crippen LogP contribution is -2.34. The van der Waals surface area contributed by atoms with Crippen LogP contribution in [0.15, 0.2) is 24.3 Å². The van der Waals surface area contributed by atoms with Crippen molar-refractivity contribution in [3.8, 4) is 6.07 Å². The van der Waals surface area contributed by atoms with Crippen molar-refractivity contribution in [3.05, 3.63) is 35.4 Å². The molecule has 0 radical (unpaired) electrons. The number of hydrogen-bond acceptors (Lipinski definition) is 5. The average Bonchev–Trinajstić information content (AvgIpc) is 3.33. The van der Waals surface area contributed by atoms with Crippen LogP contribution in [0, 0.1) is 11.3 Å². The van der Waals surface area contributed by atoms with E-state index in [4.69, 9.17) is 4.74 Å². The van der Waals surface area contributed by atoms with Gasteiger partial charge in [-0.05, 0) is 51.2 Å². The number of alkyl carbamates (subject to hydrolysis) is 1. The van der Waals surface area contributed by atoms with Gasteiger partial charge in [-0.25, -0.2) is 4.79 Å². The molecule has 1 saturated carbocycles. The number of carbonyl (C=O) groups excluding carboxylic acids is 1. The van der Waals surface area contributed by atoms with E-state index >= 15 is 0 Å². The van der Waals surface area contributed by atoms with E-state index < -0.39 is 23.9 Å². The zero-order valence-corrected chi connectivity index (χ0v) is 15.0. The fourth-order valence-corrected chi connectivity index (χ4v) is 2.61. The number of nitrogens with zero attached hydrogens (tertiary/aromatic N) is 1. The number of hydrogen-bond donors (Lipinski definition) is 3. The van der Waals surface area contributed by atoms with Gasteiger partial charge in [0.25, 0.3) is 0 Å². The molecule has 0 bridgehead atoms. The maximum Gasteiger partial charge on any atom is 0.407 e.